The zero-order valence-electron chi connectivity index (χ0n) is 12.3. The van der Waals surface area contributed by atoms with Gasteiger partial charge in [0.2, 0.25) is 0 Å². The van der Waals surface area contributed by atoms with Crippen LogP contribution in [-0.2, 0) is 6.42 Å². The van der Waals surface area contributed by atoms with Gasteiger partial charge in [-0.25, -0.2) is 4.98 Å². The van der Waals surface area contributed by atoms with Gasteiger partial charge in [0.05, 0.1) is 23.8 Å². The van der Waals surface area contributed by atoms with E-state index in [1.54, 1.807) is 7.11 Å². The highest BCUT2D eigenvalue weighted by Gasteiger charge is 2.12. The summed E-state index contributed by atoms with van der Waals surface area (Å²) in [4.78, 5) is 4.74. The minimum atomic E-state index is 0.737. The van der Waals surface area contributed by atoms with Gasteiger partial charge in [-0.1, -0.05) is 13.0 Å². The maximum atomic E-state index is 5.87. The van der Waals surface area contributed by atoms with Crippen LogP contribution < -0.4 is 10.5 Å². The first-order valence-electron chi connectivity index (χ1n) is 7.14. The van der Waals surface area contributed by atoms with Crippen LogP contribution in [0.5, 0.6) is 5.75 Å². The Kier molecular flexibility index (Phi) is 3.52. The predicted octanol–water partition coefficient (Wildman–Crippen LogP) is 3.57. The number of imidazole rings is 1. The number of aryl methyl sites for hydroxylation is 1. The summed E-state index contributed by atoms with van der Waals surface area (Å²) in [6.45, 7) is 2.16. The molecule has 21 heavy (non-hydrogen) atoms. The van der Waals surface area contributed by atoms with Crippen LogP contribution in [0.3, 0.4) is 0 Å². The number of aromatic nitrogens is 2. The van der Waals surface area contributed by atoms with Crippen molar-refractivity contribution in [1.29, 1.82) is 0 Å². The number of ether oxygens (including phenoxy) is 1. The van der Waals surface area contributed by atoms with Gasteiger partial charge in [-0.05, 0) is 36.8 Å². The van der Waals surface area contributed by atoms with Gasteiger partial charge < -0.3 is 10.5 Å². The Bertz CT molecular complexity index is 777. The lowest BCUT2D eigenvalue weighted by Crippen LogP contribution is -2.01. The molecule has 0 amide bonds. The third kappa shape index (κ3) is 2.44. The lowest BCUT2D eigenvalue weighted by atomic mass is 10.2. The summed E-state index contributed by atoms with van der Waals surface area (Å²) in [6.07, 6.45) is 1.97. The summed E-state index contributed by atoms with van der Waals surface area (Å²) in [5, 5.41) is 0. The summed E-state index contributed by atoms with van der Waals surface area (Å²) < 4.78 is 7.51. The molecular weight excluding hydrogens is 262 g/mol. The molecule has 0 fully saturated rings. The number of benzene rings is 2. The number of nitrogens with zero attached hydrogens (tertiary/aromatic N) is 2. The van der Waals surface area contributed by atoms with Gasteiger partial charge in [-0.3, -0.25) is 4.57 Å². The van der Waals surface area contributed by atoms with E-state index in [1.807, 2.05) is 36.4 Å². The third-order valence-electron chi connectivity index (χ3n) is 3.53. The standard InChI is InChI=1S/C17H19N3O/c1-3-5-17-19-15-10-12(18)8-9-16(15)20(17)13-6-4-7-14(11-13)21-2/h4,6-11H,3,5,18H2,1-2H3. The number of methoxy groups -OCH3 is 1. The Labute approximate surface area is 124 Å². The fraction of sp³-hybridized carbons (Fsp3) is 0.235. The highest BCUT2D eigenvalue weighted by molar-refractivity contribution is 5.81. The van der Waals surface area contributed by atoms with Crippen LogP contribution in [0, 0.1) is 0 Å². The van der Waals surface area contributed by atoms with Gasteiger partial charge in [0.15, 0.2) is 0 Å². The Balaban J connectivity index is 2.25. The topological polar surface area (TPSA) is 53.1 Å². The van der Waals surface area contributed by atoms with Gasteiger partial charge in [0, 0.05) is 18.2 Å². The molecule has 2 aromatic carbocycles. The van der Waals surface area contributed by atoms with E-state index in [0.29, 0.717) is 0 Å². The molecule has 0 unspecified atom stereocenters. The molecular formula is C17H19N3O. The molecule has 3 aromatic rings. The Morgan fingerprint density at radius 2 is 2.05 bits per heavy atom. The molecule has 0 spiro atoms. The lowest BCUT2D eigenvalue weighted by Gasteiger charge is -2.10. The largest absolute Gasteiger partial charge is 0.497 e. The van der Waals surface area contributed by atoms with Crippen molar-refractivity contribution in [2.24, 2.45) is 0 Å². The van der Waals surface area contributed by atoms with E-state index in [9.17, 15) is 0 Å². The van der Waals surface area contributed by atoms with Gasteiger partial charge in [-0.15, -0.1) is 0 Å². The van der Waals surface area contributed by atoms with Crippen molar-refractivity contribution in [1.82, 2.24) is 9.55 Å². The maximum absolute atomic E-state index is 5.87. The average Bonchev–Trinajstić information content (AvgIpc) is 2.84. The van der Waals surface area contributed by atoms with Crippen LogP contribution in [0.25, 0.3) is 16.7 Å². The second-order valence-corrected chi connectivity index (χ2v) is 5.06. The highest BCUT2D eigenvalue weighted by Crippen LogP contribution is 2.26. The number of anilines is 1. The minimum absolute atomic E-state index is 0.737. The van der Waals surface area contributed by atoms with Crippen LogP contribution in [-0.4, -0.2) is 16.7 Å². The third-order valence-corrected chi connectivity index (χ3v) is 3.53. The Morgan fingerprint density at radius 1 is 1.19 bits per heavy atom. The predicted molar refractivity (Wildman–Crippen MR) is 86.0 cm³/mol. The number of fused-ring (bicyclic) bond motifs is 1. The normalized spacial score (nSPS) is 11.0. The zero-order valence-corrected chi connectivity index (χ0v) is 12.3. The molecule has 0 aliphatic heterocycles. The van der Waals surface area contributed by atoms with Crippen LogP contribution >= 0.6 is 0 Å². The van der Waals surface area contributed by atoms with E-state index in [-0.39, 0.29) is 0 Å². The number of nitrogens with two attached hydrogens (primary N) is 1. The van der Waals surface area contributed by atoms with Crippen molar-refractivity contribution in [2.75, 3.05) is 12.8 Å². The molecule has 108 valence electrons. The highest BCUT2D eigenvalue weighted by atomic mass is 16.5. The van der Waals surface area contributed by atoms with E-state index in [0.717, 1.165) is 46.8 Å². The summed E-state index contributed by atoms with van der Waals surface area (Å²) >= 11 is 0. The van der Waals surface area contributed by atoms with Crippen LogP contribution in [0.1, 0.15) is 19.2 Å². The molecule has 0 bridgehead atoms. The van der Waals surface area contributed by atoms with Gasteiger partial charge >= 0.3 is 0 Å². The molecule has 4 heteroatoms. The van der Waals surface area contributed by atoms with E-state index in [4.69, 9.17) is 15.5 Å². The van der Waals surface area contributed by atoms with E-state index in [2.05, 4.69) is 17.6 Å². The molecule has 1 heterocycles. The molecule has 3 rings (SSSR count). The van der Waals surface area contributed by atoms with Crippen LogP contribution in [0.4, 0.5) is 5.69 Å². The smallest absolute Gasteiger partial charge is 0.120 e. The van der Waals surface area contributed by atoms with Crippen molar-refractivity contribution in [2.45, 2.75) is 19.8 Å². The van der Waals surface area contributed by atoms with E-state index >= 15 is 0 Å². The van der Waals surface area contributed by atoms with Crippen molar-refractivity contribution in [3.63, 3.8) is 0 Å². The quantitative estimate of drug-likeness (QED) is 0.744. The number of hydrogen-bond acceptors (Lipinski definition) is 3. The first kappa shape index (κ1) is 13.5. The summed E-state index contributed by atoms with van der Waals surface area (Å²) in [5.74, 6) is 1.89. The molecule has 0 saturated heterocycles. The number of rotatable bonds is 4. The van der Waals surface area contributed by atoms with Crippen molar-refractivity contribution in [3.8, 4) is 11.4 Å². The van der Waals surface area contributed by atoms with Gasteiger partial charge in [0.25, 0.3) is 0 Å². The molecule has 0 aliphatic carbocycles. The average molecular weight is 281 g/mol. The molecule has 4 nitrogen and oxygen atoms in total. The zero-order chi connectivity index (χ0) is 14.8. The summed E-state index contributed by atoms with van der Waals surface area (Å²) in [5.41, 5.74) is 9.67. The number of nitrogen functional groups attached to an aromatic ring is 1. The van der Waals surface area contributed by atoms with E-state index in [1.165, 1.54) is 0 Å². The first-order chi connectivity index (χ1) is 10.2. The second-order valence-electron chi connectivity index (χ2n) is 5.06. The Hall–Kier alpha value is -2.49. The first-order valence-corrected chi connectivity index (χ1v) is 7.14. The monoisotopic (exact) mass is 281 g/mol. The minimum Gasteiger partial charge on any atom is -0.497 e. The van der Waals surface area contributed by atoms with Gasteiger partial charge in [0.1, 0.15) is 11.6 Å². The molecule has 0 saturated carbocycles. The molecule has 0 atom stereocenters. The van der Waals surface area contributed by atoms with E-state index < -0.39 is 0 Å². The number of hydrogen-bond donors (Lipinski definition) is 1. The summed E-state index contributed by atoms with van der Waals surface area (Å²) in [6, 6.07) is 13.9. The molecule has 0 radical (unpaired) electrons. The van der Waals surface area contributed by atoms with Crippen molar-refractivity contribution in [3.05, 3.63) is 48.3 Å². The van der Waals surface area contributed by atoms with Crippen molar-refractivity contribution < 1.29 is 4.74 Å². The molecule has 2 N–H and O–H groups in total. The van der Waals surface area contributed by atoms with Crippen molar-refractivity contribution >= 4 is 16.7 Å². The SMILES string of the molecule is CCCc1nc2cc(N)ccc2n1-c1cccc(OC)c1. The maximum Gasteiger partial charge on any atom is 0.120 e. The fourth-order valence-corrected chi connectivity index (χ4v) is 2.58. The van der Waals surface area contributed by atoms with Gasteiger partial charge in [-0.2, -0.15) is 0 Å². The lowest BCUT2D eigenvalue weighted by molar-refractivity contribution is 0.414. The van der Waals surface area contributed by atoms with Crippen LogP contribution in [0.2, 0.25) is 0 Å². The second kappa shape index (κ2) is 5.48. The van der Waals surface area contributed by atoms with Crippen LogP contribution in [0.15, 0.2) is 42.5 Å². The summed E-state index contributed by atoms with van der Waals surface area (Å²) in [7, 11) is 1.68. The fourth-order valence-electron chi connectivity index (χ4n) is 2.58. The molecule has 0 aliphatic rings. The Morgan fingerprint density at radius 3 is 2.81 bits per heavy atom. The molecule has 1 aromatic heterocycles.